The summed E-state index contributed by atoms with van der Waals surface area (Å²) in [5.74, 6) is -0.745. The summed E-state index contributed by atoms with van der Waals surface area (Å²) in [7, 11) is -1.96. The number of benzene rings is 2. The van der Waals surface area contributed by atoms with Gasteiger partial charge >= 0.3 is 5.97 Å². The molecule has 0 aliphatic rings. The number of aromatic nitrogens is 1. The van der Waals surface area contributed by atoms with E-state index >= 15 is 0 Å². The van der Waals surface area contributed by atoms with Crippen molar-refractivity contribution in [1.29, 1.82) is 0 Å². The quantitative estimate of drug-likeness (QED) is 0.269. The van der Waals surface area contributed by atoms with Gasteiger partial charge in [-0.05, 0) is 67.9 Å². The van der Waals surface area contributed by atoms with Crippen LogP contribution in [0.15, 0.2) is 42.5 Å². The Morgan fingerprint density at radius 2 is 1.78 bits per heavy atom. The van der Waals surface area contributed by atoms with Gasteiger partial charge in [0.1, 0.15) is 17.1 Å². The normalized spacial score (nSPS) is 13.9. The van der Waals surface area contributed by atoms with E-state index in [1.165, 1.54) is 12.1 Å². The van der Waals surface area contributed by atoms with Crippen molar-refractivity contribution in [3.8, 4) is 16.9 Å². The van der Waals surface area contributed by atoms with Gasteiger partial charge in [0.2, 0.25) is 8.32 Å². The number of fused-ring (bicyclic) bond motifs is 1. The van der Waals surface area contributed by atoms with Gasteiger partial charge in [-0.3, -0.25) is 4.79 Å². The highest BCUT2D eigenvalue weighted by Crippen LogP contribution is 2.40. The molecule has 198 valence electrons. The summed E-state index contributed by atoms with van der Waals surface area (Å²) < 4.78 is 20.3. The van der Waals surface area contributed by atoms with Crippen molar-refractivity contribution >= 4 is 31.3 Å². The van der Waals surface area contributed by atoms with Gasteiger partial charge in [-0.2, -0.15) is 0 Å². The standard InChI is InChI=1S/C29H36FNO5Si/c1-17(2)28-23(12-11-21(32)15-22(33)16-26(34)35)27(19-7-9-20(30)10-8-19)24-13-18(3)14-25(29(24)31-28)36-37(4,5)6/h7-14,17,21-22,32-33H,15-16H2,1-6H3,(H,34,35)/b12-11+. The maximum atomic E-state index is 13.9. The minimum absolute atomic E-state index is 0.0130. The second-order valence-electron chi connectivity index (χ2n) is 10.7. The van der Waals surface area contributed by atoms with Gasteiger partial charge < -0.3 is 19.7 Å². The lowest BCUT2D eigenvalue weighted by atomic mass is 9.89. The minimum atomic E-state index is -1.96. The van der Waals surface area contributed by atoms with Crippen LogP contribution in [0.25, 0.3) is 28.1 Å². The van der Waals surface area contributed by atoms with Gasteiger partial charge in [-0.25, -0.2) is 9.37 Å². The molecule has 0 radical (unpaired) electrons. The van der Waals surface area contributed by atoms with Crippen molar-refractivity contribution in [3.05, 3.63) is 65.1 Å². The molecule has 37 heavy (non-hydrogen) atoms. The summed E-state index contributed by atoms with van der Waals surface area (Å²) in [5, 5.41) is 30.2. The molecular formula is C29H36FNO5Si. The molecule has 0 fully saturated rings. The summed E-state index contributed by atoms with van der Waals surface area (Å²) in [5.41, 5.74) is 4.91. The zero-order chi connectivity index (χ0) is 27.5. The molecule has 0 spiro atoms. The van der Waals surface area contributed by atoms with E-state index in [0.29, 0.717) is 5.75 Å². The van der Waals surface area contributed by atoms with E-state index in [1.54, 1.807) is 24.3 Å². The molecule has 8 heteroatoms. The molecular weight excluding hydrogens is 489 g/mol. The molecule has 2 aromatic carbocycles. The first kappa shape index (κ1) is 28.5. The Morgan fingerprint density at radius 3 is 2.35 bits per heavy atom. The molecule has 6 nitrogen and oxygen atoms in total. The number of nitrogens with zero attached hydrogens (tertiary/aromatic N) is 1. The van der Waals surface area contributed by atoms with E-state index in [4.69, 9.17) is 14.5 Å². The third-order valence-electron chi connectivity index (χ3n) is 5.77. The smallest absolute Gasteiger partial charge is 0.305 e. The molecule has 2 unspecified atom stereocenters. The number of carbonyl (C=O) groups is 1. The first-order valence-electron chi connectivity index (χ1n) is 12.4. The fraction of sp³-hybridized carbons (Fsp3) is 0.379. The fourth-order valence-corrected chi connectivity index (χ4v) is 5.11. The van der Waals surface area contributed by atoms with E-state index in [-0.39, 0.29) is 18.2 Å². The Kier molecular flexibility index (Phi) is 8.89. The molecule has 0 aliphatic heterocycles. The number of hydrogen-bond acceptors (Lipinski definition) is 5. The van der Waals surface area contributed by atoms with Crippen molar-refractivity contribution in [2.45, 2.75) is 71.4 Å². The zero-order valence-electron chi connectivity index (χ0n) is 22.2. The lowest BCUT2D eigenvalue weighted by molar-refractivity contribution is -0.139. The lowest BCUT2D eigenvalue weighted by Crippen LogP contribution is -2.29. The van der Waals surface area contributed by atoms with Crippen LogP contribution in [0.2, 0.25) is 19.6 Å². The van der Waals surface area contributed by atoms with Crippen LogP contribution in [-0.2, 0) is 4.79 Å². The van der Waals surface area contributed by atoms with Crippen LogP contribution in [0.3, 0.4) is 0 Å². The molecule has 2 atom stereocenters. The Morgan fingerprint density at radius 1 is 1.14 bits per heavy atom. The molecule has 0 bridgehead atoms. The maximum Gasteiger partial charge on any atom is 0.305 e. The number of rotatable bonds is 10. The van der Waals surface area contributed by atoms with Gasteiger partial charge in [0, 0.05) is 22.9 Å². The van der Waals surface area contributed by atoms with E-state index in [0.717, 1.165) is 38.9 Å². The maximum absolute atomic E-state index is 13.9. The summed E-state index contributed by atoms with van der Waals surface area (Å²) >= 11 is 0. The number of aryl methyl sites for hydroxylation is 1. The molecule has 3 aromatic rings. The predicted octanol–water partition coefficient (Wildman–Crippen LogP) is 6.29. The third-order valence-corrected chi connectivity index (χ3v) is 6.60. The van der Waals surface area contributed by atoms with Gasteiger partial charge in [-0.1, -0.05) is 38.1 Å². The lowest BCUT2D eigenvalue weighted by Gasteiger charge is -2.24. The van der Waals surface area contributed by atoms with Crippen molar-refractivity contribution in [2.75, 3.05) is 0 Å². The number of halogens is 1. The SMILES string of the molecule is Cc1cc(O[Si](C)(C)C)c2nc(C(C)C)c(/C=C/C(O)CC(O)CC(=O)O)c(-c3ccc(F)cc3)c2c1. The highest BCUT2D eigenvalue weighted by atomic mass is 28.4. The zero-order valence-corrected chi connectivity index (χ0v) is 23.2. The number of aliphatic hydroxyl groups is 2. The van der Waals surface area contributed by atoms with Crippen molar-refractivity contribution in [1.82, 2.24) is 4.98 Å². The predicted molar refractivity (Wildman–Crippen MR) is 148 cm³/mol. The van der Waals surface area contributed by atoms with Crippen molar-refractivity contribution in [3.63, 3.8) is 0 Å². The van der Waals surface area contributed by atoms with E-state index in [1.807, 2.05) is 32.9 Å². The van der Waals surface area contributed by atoms with Crippen LogP contribution in [0, 0.1) is 12.7 Å². The molecule has 3 N–H and O–H groups in total. The van der Waals surface area contributed by atoms with E-state index < -0.39 is 32.9 Å². The van der Waals surface area contributed by atoms with Gasteiger partial charge in [0.05, 0.1) is 24.3 Å². The molecule has 0 saturated heterocycles. The first-order valence-corrected chi connectivity index (χ1v) is 15.8. The Bertz CT molecular complexity index is 1300. The second-order valence-corrected chi connectivity index (χ2v) is 15.2. The van der Waals surface area contributed by atoms with Gasteiger partial charge in [0.25, 0.3) is 0 Å². The average Bonchev–Trinajstić information content (AvgIpc) is 2.75. The number of hydrogen-bond donors (Lipinski definition) is 3. The molecule has 0 amide bonds. The monoisotopic (exact) mass is 525 g/mol. The van der Waals surface area contributed by atoms with Crippen molar-refractivity contribution < 1.29 is 28.9 Å². The van der Waals surface area contributed by atoms with E-state index in [9.17, 15) is 19.4 Å². The molecule has 0 aliphatic carbocycles. The van der Waals surface area contributed by atoms with Crippen molar-refractivity contribution in [2.24, 2.45) is 0 Å². The molecule has 3 rings (SSSR count). The summed E-state index contributed by atoms with van der Waals surface area (Å²) in [6.45, 7) is 12.4. The van der Waals surface area contributed by atoms with Crippen LogP contribution < -0.4 is 4.43 Å². The Labute approximate surface area is 218 Å². The largest absolute Gasteiger partial charge is 0.543 e. The molecule has 1 aromatic heterocycles. The van der Waals surface area contributed by atoms with Gasteiger partial charge in [0.15, 0.2) is 0 Å². The van der Waals surface area contributed by atoms with Crippen LogP contribution in [0.5, 0.6) is 5.75 Å². The minimum Gasteiger partial charge on any atom is -0.543 e. The summed E-state index contributed by atoms with van der Waals surface area (Å²) in [6.07, 6.45) is 0.522. The number of pyridine rings is 1. The fourth-order valence-electron chi connectivity index (χ4n) is 4.30. The molecule has 1 heterocycles. The number of carboxylic acid groups (broad SMARTS) is 1. The molecule has 0 saturated carbocycles. The second kappa shape index (κ2) is 11.5. The highest BCUT2D eigenvalue weighted by Gasteiger charge is 2.23. The topological polar surface area (TPSA) is 99.9 Å². The third kappa shape index (κ3) is 7.47. The Hall–Kier alpha value is -3.07. The average molecular weight is 526 g/mol. The highest BCUT2D eigenvalue weighted by molar-refractivity contribution is 6.70. The number of carboxylic acids is 1. The number of aliphatic carboxylic acids is 1. The number of aliphatic hydroxyl groups excluding tert-OH is 2. The van der Waals surface area contributed by atoms with Crippen LogP contribution in [-0.4, -0.2) is 46.8 Å². The van der Waals surface area contributed by atoms with E-state index in [2.05, 4.69) is 19.6 Å². The summed E-state index contributed by atoms with van der Waals surface area (Å²) in [6, 6.07) is 10.3. The summed E-state index contributed by atoms with van der Waals surface area (Å²) in [4.78, 5) is 15.9. The van der Waals surface area contributed by atoms with Crippen LogP contribution >= 0.6 is 0 Å². The van der Waals surface area contributed by atoms with Crippen LogP contribution in [0.1, 0.15) is 49.4 Å². The van der Waals surface area contributed by atoms with Gasteiger partial charge in [-0.15, -0.1) is 0 Å². The van der Waals surface area contributed by atoms with Crippen LogP contribution in [0.4, 0.5) is 4.39 Å². The first-order chi connectivity index (χ1) is 17.2. The Balaban J connectivity index is 2.28.